The van der Waals surface area contributed by atoms with Crippen LogP contribution in [0.4, 0.5) is 0 Å². The van der Waals surface area contributed by atoms with E-state index in [1.807, 2.05) is 59.2 Å². The minimum absolute atomic E-state index is 0.239. The Kier molecular flexibility index (Phi) is 5.34. The second kappa shape index (κ2) is 8.45. The Labute approximate surface area is 191 Å². The van der Waals surface area contributed by atoms with Crippen molar-refractivity contribution in [2.24, 2.45) is 0 Å². The number of thiazole rings is 1. The maximum absolute atomic E-state index is 11.3. The Balaban J connectivity index is 1.61. The van der Waals surface area contributed by atoms with Crippen LogP contribution in [0, 0.1) is 0 Å². The Hall–Kier alpha value is -3.69. The van der Waals surface area contributed by atoms with E-state index in [9.17, 15) is 9.90 Å². The first-order chi connectivity index (χ1) is 15.6. The van der Waals surface area contributed by atoms with Crippen LogP contribution in [0.2, 0.25) is 0 Å². The zero-order chi connectivity index (χ0) is 22.1. The van der Waals surface area contributed by atoms with E-state index in [-0.39, 0.29) is 5.56 Å². The number of ether oxygens (including phenoxy) is 1. The molecule has 0 aliphatic heterocycles. The van der Waals surface area contributed by atoms with Gasteiger partial charge >= 0.3 is 5.97 Å². The number of methoxy groups -OCH3 is 1. The van der Waals surface area contributed by atoms with Crippen LogP contribution in [0.3, 0.4) is 0 Å². The summed E-state index contributed by atoms with van der Waals surface area (Å²) in [5.74, 6) is 0.403. The number of fused-ring (bicyclic) bond motifs is 1. The molecule has 0 saturated carbocycles. The van der Waals surface area contributed by atoms with Crippen molar-refractivity contribution in [1.29, 1.82) is 0 Å². The highest BCUT2D eigenvalue weighted by atomic mass is 32.2. The number of carbonyl (C=O) groups is 1. The van der Waals surface area contributed by atoms with E-state index in [0.29, 0.717) is 16.7 Å². The molecule has 0 fully saturated rings. The molecule has 0 saturated heterocycles. The summed E-state index contributed by atoms with van der Waals surface area (Å²) in [6, 6.07) is 22.5. The number of carboxylic acid groups (broad SMARTS) is 1. The van der Waals surface area contributed by atoms with Crippen molar-refractivity contribution in [3.8, 4) is 22.8 Å². The molecule has 0 aliphatic rings. The van der Waals surface area contributed by atoms with Gasteiger partial charge in [-0.15, -0.1) is 21.5 Å². The molecule has 0 unspecified atom stereocenters. The van der Waals surface area contributed by atoms with Gasteiger partial charge in [0.25, 0.3) is 0 Å². The number of aromatic carboxylic acids is 1. The second-order valence-corrected chi connectivity index (χ2v) is 8.99. The Morgan fingerprint density at radius 3 is 2.59 bits per heavy atom. The number of aromatic nitrogens is 4. The van der Waals surface area contributed by atoms with Gasteiger partial charge in [0.1, 0.15) is 5.75 Å². The third-order valence-electron chi connectivity index (χ3n) is 4.79. The summed E-state index contributed by atoms with van der Waals surface area (Å²) in [4.78, 5) is 15.9. The van der Waals surface area contributed by atoms with Gasteiger partial charge in [0.15, 0.2) is 10.2 Å². The molecule has 2 aromatic heterocycles. The highest BCUT2D eigenvalue weighted by Crippen LogP contribution is 2.38. The third kappa shape index (κ3) is 3.72. The quantitative estimate of drug-likeness (QED) is 0.363. The van der Waals surface area contributed by atoms with Crippen LogP contribution in [0.15, 0.2) is 82.3 Å². The lowest BCUT2D eigenvalue weighted by Crippen LogP contribution is -2.00. The number of hydrogen-bond acceptors (Lipinski definition) is 7. The molecule has 2 heterocycles. The van der Waals surface area contributed by atoms with Crippen LogP contribution in [0.1, 0.15) is 10.4 Å². The molecule has 158 valence electrons. The van der Waals surface area contributed by atoms with Crippen LogP contribution in [0.25, 0.3) is 27.3 Å². The number of nitrogens with zero attached hydrogens (tertiary/aromatic N) is 4. The first-order valence-corrected chi connectivity index (χ1v) is 11.2. The molecule has 1 N–H and O–H groups in total. The van der Waals surface area contributed by atoms with Crippen LogP contribution in [-0.2, 0) is 0 Å². The van der Waals surface area contributed by atoms with Gasteiger partial charge in [0, 0.05) is 5.69 Å². The molecule has 5 rings (SSSR count). The normalized spacial score (nSPS) is 11.0. The summed E-state index contributed by atoms with van der Waals surface area (Å²) in [5.41, 5.74) is 2.73. The average molecular weight is 461 g/mol. The van der Waals surface area contributed by atoms with E-state index in [0.717, 1.165) is 25.8 Å². The lowest BCUT2D eigenvalue weighted by molar-refractivity contribution is 0.0697. The highest BCUT2D eigenvalue weighted by molar-refractivity contribution is 8.01. The maximum Gasteiger partial charge on any atom is 0.335 e. The number of benzene rings is 3. The first kappa shape index (κ1) is 20.2. The van der Waals surface area contributed by atoms with Crippen LogP contribution < -0.4 is 4.74 Å². The molecule has 0 amide bonds. The van der Waals surface area contributed by atoms with Gasteiger partial charge in [0.2, 0.25) is 5.16 Å². The Morgan fingerprint density at radius 2 is 1.81 bits per heavy atom. The van der Waals surface area contributed by atoms with Crippen molar-refractivity contribution < 1.29 is 14.6 Å². The summed E-state index contributed by atoms with van der Waals surface area (Å²) >= 11 is 2.81. The summed E-state index contributed by atoms with van der Waals surface area (Å²) in [5, 5.41) is 18.8. The molecule has 0 atom stereocenters. The summed E-state index contributed by atoms with van der Waals surface area (Å²) in [6.45, 7) is 0. The number of rotatable bonds is 6. The van der Waals surface area contributed by atoms with Crippen molar-refractivity contribution in [3.63, 3.8) is 0 Å². The van der Waals surface area contributed by atoms with Crippen molar-refractivity contribution in [2.75, 3.05) is 7.11 Å². The lowest BCUT2D eigenvalue weighted by Gasteiger charge is -2.11. The Bertz CT molecular complexity index is 1430. The summed E-state index contributed by atoms with van der Waals surface area (Å²) < 4.78 is 9.07. The van der Waals surface area contributed by atoms with Crippen LogP contribution in [0.5, 0.6) is 5.75 Å². The SMILES string of the molecule is COc1ccccc1-c1nnc(Sc2nc3ccc(C(=O)O)cc3s2)n1-c1ccccc1. The largest absolute Gasteiger partial charge is 0.496 e. The van der Waals surface area contributed by atoms with Gasteiger partial charge in [-0.3, -0.25) is 4.57 Å². The lowest BCUT2D eigenvalue weighted by atomic mass is 10.2. The monoisotopic (exact) mass is 460 g/mol. The molecule has 0 bridgehead atoms. The second-order valence-electron chi connectivity index (χ2n) is 6.75. The molecule has 9 heteroatoms. The van der Waals surface area contributed by atoms with Gasteiger partial charge < -0.3 is 9.84 Å². The fourth-order valence-electron chi connectivity index (χ4n) is 3.31. The molecule has 0 spiro atoms. The zero-order valence-electron chi connectivity index (χ0n) is 16.8. The molecular formula is C23H16N4O3S2. The van der Waals surface area contributed by atoms with Gasteiger partial charge in [-0.2, -0.15) is 0 Å². The minimum Gasteiger partial charge on any atom is -0.496 e. The molecule has 5 aromatic rings. The van der Waals surface area contributed by atoms with Gasteiger partial charge in [-0.1, -0.05) is 30.3 Å². The van der Waals surface area contributed by atoms with E-state index in [4.69, 9.17) is 4.74 Å². The topological polar surface area (TPSA) is 90.1 Å². The summed E-state index contributed by atoms with van der Waals surface area (Å²) in [7, 11) is 1.63. The van der Waals surface area contributed by atoms with E-state index >= 15 is 0 Å². The van der Waals surface area contributed by atoms with Gasteiger partial charge in [-0.25, -0.2) is 9.78 Å². The fourth-order valence-corrected chi connectivity index (χ4v) is 5.37. The minimum atomic E-state index is -0.959. The van der Waals surface area contributed by atoms with E-state index in [1.54, 1.807) is 25.3 Å². The van der Waals surface area contributed by atoms with Crippen molar-refractivity contribution in [3.05, 3.63) is 78.4 Å². The standard InChI is InChI=1S/C23H16N4O3S2/c1-30-18-10-6-5-9-16(18)20-25-26-22(27(20)15-7-3-2-4-8-15)32-23-24-17-12-11-14(21(28)29)13-19(17)31-23/h2-13H,1H3,(H,28,29). The van der Waals surface area contributed by atoms with Crippen molar-refractivity contribution >= 4 is 39.3 Å². The van der Waals surface area contributed by atoms with Crippen LogP contribution in [-0.4, -0.2) is 37.9 Å². The predicted octanol–water partition coefficient (Wildman–Crippen LogP) is 5.40. The first-order valence-electron chi connectivity index (χ1n) is 9.60. The van der Waals surface area contributed by atoms with Crippen molar-refractivity contribution in [1.82, 2.24) is 19.7 Å². The van der Waals surface area contributed by atoms with E-state index in [2.05, 4.69) is 15.2 Å². The Morgan fingerprint density at radius 1 is 1.03 bits per heavy atom. The smallest absolute Gasteiger partial charge is 0.335 e. The predicted molar refractivity (Wildman–Crippen MR) is 124 cm³/mol. The molecule has 3 aromatic carbocycles. The molecule has 7 nitrogen and oxygen atoms in total. The number of carboxylic acids is 1. The third-order valence-corrected chi connectivity index (χ3v) is 6.82. The van der Waals surface area contributed by atoms with Gasteiger partial charge in [0.05, 0.1) is 28.5 Å². The highest BCUT2D eigenvalue weighted by Gasteiger charge is 2.20. The van der Waals surface area contributed by atoms with Gasteiger partial charge in [-0.05, 0) is 54.2 Å². The zero-order valence-corrected chi connectivity index (χ0v) is 18.4. The number of hydrogen-bond donors (Lipinski definition) is 1. The van der Waals surface area contributed by atoms with E-state index in [1.165, 1.54) is 23.1 Å². The molecule has 0 radical (unpaired) electrons. The molecular weight excluding hydrogens is 444 g/mol. The fraction of sp³-hybridized carbons (Fsp3) is 0.0435. The summed E-state index contributed by atoms with van der Waals surface area (Å²) in [6.07, 6.45) is 0. The number of para-hydroxylation sites is 2. The van der Waals surface area contributed by atoms with Crippen LogP contribution >= 0.6 is 23.1 Å². The maximum atomic E-state index is 11.3. The van der Waals surface area contributed by atoms with Crippen molar-refractivity contribution in [2.45, 2.75) is 9.50 Å². The van der Waals surface area contributed by atoms with E-state index < -0.39 is 5.97 Å². The molecule has 32 heavy (non-hydrogen) atoms. The average Bonchev–Trinajstić information content (AvgIpc) is 3.42. The molecule has 0 aliphatic carbocycles.